The third-order valence-electron chi connectivity index (χ3n) is 3.40. The van der Waals surface area contributed by atoms with Crippen molar-refractivity contribution in [3.8, 4) is 11.5 Å². The van der Waals surface area contributed by atoms with Crippen LogP contribution in [0.25, 0.3) is 0 Å². The van der Waals surface area contributed by atoms with E-state index >= 15 is 0 Å². The van der Waals surface area contributed by atoms with Gasteiger partial charge in [0.15, 0.2) is 0 Å². The van der Waals surface area contributed by atoms with E-state index in [9.17, 15) is 0 Å². The van der Waals surface area contributed by atoms with Crippen LogP contribution in [0.1, 0.15) is 18.1 Å². The normalized spacial score (nSPS) is 13.7. The molecule has 0 aliphatic carbocycles. The third kappa shape index (κ3) is 2.60. The molecule has 1 atom stereocenters. The SMILES string of the molecule is COc1ccc(C(C)(N)c2ccccc2Cl)c(OC)c1. The molecule has 0 spiro atoms. The monoisotopic (exact) mass is 291 g/mol. The van der Waals surface area contributed by atoms with Crippen molar-refractivity contribution in [1.29, 1.82) is 0 Å². The second-order valence-corrected chi connectivity index (χ2v) is 5.16. The molecule has 1 unspecified atom stereocenters. The molecule has 0 aromatic heterocycles. The predicted molar refractivity (Wildman–Crippen MR) is 81.6 cm³/mol. The van der Waals surface area contributed by atoms with E-state index in [1.54, 1.807) is 14.2 Å². The van der Waals surface area contributed by atoms with Crippen LogP contribution in [0.15, 0.2) is 42.5 Å². The van der Waals surface area contributed by atoms with Gasteiger partial charge in [0.05, 0.1) is 19.8 Å². The average molecular weight is 292 g/mol. The van der Waals surface area contributed by atoms with Crippen molar-refractivity contribution in [2.24, 2.45) is 5.73 Å². The fraction of sp³-hybridized carbons (Fsp3) is 0.250. The van der Waals surface area contributed by atoms with Crippen molar-refractivity contribution in [2.45, 2.75) is 12.5 Å². The van der Waals surface area contributed by atoms with Gasteiger partial charge in [-0.2, -0.15) is 0 Å². The number of hydrogen-bond acceptors (Lipinski definition) is 3. The van der Waals surface area contributed by atoms with E-state index in [1.807, 2.05) is 49.4 Å². The Bertz CT molecular complexity index is 611. The Morgan fingerprint density at radius 3 is 2.30 bits per heavy atom. The van der Waals surface area contributed by atoms with Crippen LogP contribution in [-0.4, -0.2) is 14.2 Å². The first-order chi connectivity index (χ1) is 9.50. The molecule has 0 aliphatic rings. The Morgan fingerprint density at radius 1 is 1.00 bits per heavy atom. The summed E-state index contributed by atoms with van der Waals surface area (Å²) in [5.41, 5.74) is 7.48. The van der Waals surface area contributed by atoms with Crippen molar-refractivity contribution in [2.75, 3.05) is 14.2 Å². The van der Waals surface area contributed by atoms with Crippen LogP contribution < -0.4 is 15.2 Å². The van der Waals surface area contributed by atoms with Crippen molar-refractivity contribution in [3.63, 3.8) is 0 Å². The average Bonchev–Trinajstić information content (AvgIpc) is 2.46. The number of methoxy groups -OCH3 is 2. The Kier molecular flexibility index (Phi) is 4.21. The van der Waals surface area contributed by atoms with Gasteiger partial charge >= 0.3 is 0 Å². The van der Waals surface area contributed by atoms with E-state index in [0.717, 1.165) is 16.9 Å². The molecule has 2 rings (SSSR count). The molecule has 3 nitrogen and oxygen atoms in total. The largest absolute Gasteiger partial charge is 0.497 e. The Morgan fingerprint density at radius 2 is 1.70 bits per heavy atom. The quantitative estimate of drug-likeness (QED) is 0.936. The molecule has 106 valence electrons. The Balaban J connectivity index is 2.57. The molecular weight excluding hydrogens is 274 g/mol. The highest BCUT2D eigenvalue weighted by molar-refractivity contribution is 6.31. The first-order valence-electron chi connectivity index (χ1n) is 6.27. The lowest BCUT2D eigenvalue weighted by Crippen LogP contribution is -2.35. The summed E-state index contributed by atoms with van der Waals surface area (Å²) in [5.74, 6) is 1.40. The summed E-state index contributed by atoms with van der Waals surface area (Å²) in [6.07, 6.45) is 0. The highest BCUT2D eigenvalue weighted by Crippen LogP contribution is 2.38. The minimum absolute atomic E-state index is 0.635. The van der Waals surface area contributed by atoms with Gasteiger partial charge in [0, 0.05) is 16.7 Å². The van der Waals surface area contributed by atoms with E-state index in [0.29, 0.717) is 10.8 Å². The topological polar surface area (TPSA) is 44.5 Å². The van der Waals surface area contributed by atoms with Gasteiger partial charge in [-0.1, -0.05) is 29.8 Å². The highest BCUT2D eigenvalue weighted by Gasteiger charge is 2.29. The second kappa shape index (κ2) is 5.73. The van der Waals surface area contributed by atoms with Crippen LogP contribution in [0.4, 0.5) is 0 Å². The Hall–Kier alpha value is -1.71. The third-order valence-corrected chi connectivity index (χ3v) is 3.73. The number of rotatable bonds is 4. The summed E-state index contributed by atoms with van der Waals surface area (Å²) < 4.78 is 10.6. The summed E-state index contributed by atoms with van der Waals surface area (Å²) in [6, 6.07) is 13.1. The van der Waals surface area contributed by atoms with Crippen molar-refractivity contribution in [1.82, 2.24) is 0 Å². The van der Waals surface area contributed by atoms with Crippen LogP contribution in [0.5, 0.6) is 11.5 Å². The highest BCUT2D eigenvalue weighted by atomic mass is 35.5. The summed E-state index contributed by atoms with van der Waals surface area (Å²) in [5, 5.41) is 0.635. The molecule has 0 bridgehead atoms. The smallest absolute Gasteiger partial charge is 0.127 e. The van der Waals surface area contributed by atoms with Gasteiger partial charge in [-0.25, -0.2) is 0 Å². The maximum Gasteiger partial charge on any atom is 0.127 e. The van der Waals surface area contributed by atoms with E-state index < -0.39 is 5.54 Å². The molecule has 2 N–H and O–H groups in total. The lowest BCUT2D eigenvalue weighted by Gasteiger charge is -2.28. The molecule has 0 aliphatic heterocycles. The summed E-state index contributed by atoms with van der Waals surface area (Å²) in [4.78, 5) is 0. The van der Waals surface area contributed by atoms with Crippen molar-refractivity contribution in [3.05, 3.63) is 58.6 Å². The van der Waals surface area contributed by atoms with Crippen LogP contribution in [0.2, 0.25) is 5.02 Å². The first-order valence-corrected chi connectivity index (χ1v) is 6.65. The molecule has 0 amide bonds. The molecule has 0 fully saturated rings. The maximum absolute atomic E-state index is 6.52. The van der Waals surface area contributed by atoms with Crippen molar-refractivity contribution >= 4 is 11.6 Å². The van der Waals surface area contributed by atoms with Crippen LogP contribution in [-0.2, 0) is 5.54 Å². The molecule has 4 heteroatoms. The number of hydrogen-bond donors (Lipinski definition) is 1. The predicted octanol–water partition coefficient (Wildman–Crippen LogP) is 3.58. The number of nitrogens with two attached hydrogens (primary N) is 1. The number of benzene rings is 2. The van der Waals surface area contributed by atoms with Crippen LogP contribution >= 0.6 is 11.6 Å². The van der Waals surface area contributed by atoms with E-state index in [2.05, 4.69) is 0 Å². The zero-order valence-corrected chi connectivity index (χ0v) is 12.6. The second-order valence-electron chi connectivity index (χ2n) is 4.75. The zero-order valence-electron chi connectivity index (χ0n) is 11.8. The Labute approximate surface area is 124 Å². The number of halogens is 1. The van der Waals surface area contributed by atoms with E-state index in [4.69, 9.17) is 26.8 Å². The molecular formula is C16H18ClNO2. The van der Waals surface area contributed by atoms with Gasteiger partial charge in [0.2, 0.25) is 0 Å². The van der Waals surface area contributed by atoms with Crippen LogP contribution in [0.3, 0.4) is 0 Å². The fourth-order valence-electron chi connectivity index (χ4n) is 2.26. The summed E-state index contributed by atoms with van der Waals surface area (Å²) in [6.45, 7) is 1.92. The van der Waals surface area contributed by atoms with Crippen molar-refractivity contribution < 1.29 is 9.47 Å². The van der Waals surface area contributed by atoms with Gasteiger partial charge in [-0.3, -0.25) is 0 Å². The van der Waals surface area contributed by atoms with Gasteiger partial charge in [-0.05, 0) is 30.7 Å². The minimum atomic E-state index is -0.754. The lowest BCUT2D eigenvalue weighted by atomic mass is 9.85. The molecule has 0 heterocycles. The van der Waals surface area contributed by atoms with Gasteiger partial charge in [0.25, 0.3) is 0 Å². The van der Waals surface area contributed by atoms with E-state index in [1.165, 1.54) is 0 Å². The number of ether oxygens (including phenoxy) is 2. The molecule has 0 radical (unpaired) electrons. The maximum atomic E-state index is 6.52. The molecule has 2 aromatic carbocycles. The minimum Gasteiger partial charge on any atom is -0.497 e. The molecule has 2 aromatic rings. The fourth-order valence-corrected chi connectivity index (χ4v) is 2.59. The first kappa shape index (κ1) is 14.7. The van der Waals surface area contributed by atoms with Gasteiger partial charge in [-0.15, -0.1) is 0 Å². The molecule has 0 saturated carbocycles. The lowest BCUT2D eigenvalue weighted by molar-refractivity contribution is 0.384. The summed E-state index contributed by atoms with van der Waals surface area (Å²) >= 11 is 6.27. The van der Waals surface area contributed by atoms with Crippen LogP contribution in [0, 0.1) is 0 Å². The summed E-state index contributed by atoms with van der Waals surface area (Å²) in [7, 11) is 3.23. The van der Waals surface area contributed by atoms with E-state index in [-0.39, 0.29) is 0 Å². The molecule has 0 saturated heterocycles. The van der Waals surface area contributed by atoms with Gasteiger partial charge < -0.3 is 15.2 Å². The zero-order chi connectivity index (χ0) is 14.8. The van der Waals surface area contributed by atoms with Gasteiger partial charge in [0.1, 0.15) is 11.5 Å². The standard InChI is InChI=1S/C16H18ClNO2/c1-16(18,12-6-4-5-7-14(12)17)13-9-8-11(19-2)10-15(13)20-3/h4-10H,18H2,1-3H3. The molecule has 20 heavy (non-hydrogen) atoms.